The molecular weight excluding hydrogens is 308 g/mol. The van der Waals surface area contributed by atoms with E-state index in [0.29, 0.717) is 10.4 Å². The highest BCUT2D eigenvalue weighted by Crippen LogP contribution is 2.24. The molecule has 0 unspecified atom stereocenters. The number of rotatable bonds is 4. The van der Waals surface area contributed by atoms with E-state index in [1.54, 1.807) is 18.2 Å². The third kappa shape index (κ3) is 3.76. The van der Waals surface area contributed by atoms with Gasteiger partial charge in [0.05, 0.1) is 6.54 Å². The summed E-state index contributed by atoms with van der Waals surface area (Å²) in [6.07, 6.45) is 3.05. The van der Waals surface area contributed by atoms with Gasteiger partial charge in [0.1, 0.15) is 4.21 Å². The summed E-state index contributed by atoms with van der Waals surface area (Å²) in [5.74, 6) is -0.244. The zero-order valence-corrected chi connectivity index (χ0v) is 11.9. The maximum absolute atomic E-state index is 11.7. The average Bonchev–Trinajstić information content (AvgIpc) is 2.86. The molecule has 0 saturated carbocycles. The van der Waals surface area contributed by atoms with Crippen molar-refractivity contribution in [1.29, 1.82) is 0 Å². The molecule has 0 bridgehead atoms. The summed E-state index contributed by atoms with van der Waals surface area (Å²) in [5.41, 5.74) is 0.497. The standard InChI is InChI=1S/C11H9ClN2O3S2/c12-19(16,17)10-2-1-9(18-10)7-14-11(15)8-3-5-13-6-4-8/h1-6H,7H2,(H,14,15). The molecule has 5 nitrogen and oxygen atoms in total. The molecule has 19 heavy (non-hydrogen) atoms. The smallest absolute Gasteiger partial charge is 0.270 e. The monoisotopic (exact) mass is 316 g/mol. The second kappa shape index (κ2) is 5.68. The molecule has 8 heteroatoms. The van der Waals surface area contributed by atoms with Crippen LogP contribution in [0.15, 0.2) is 40.9 Å². The number of carbonyl (C=O) groups excluding carboxylic acids is 1. The van der Waals surface area contributed by atoms with Gasteiger partial charge < -0.3 is 5.32 Å². The second-order valence-electron chi connectivity index (χ2n) is 3.58. The molecule has 0 radical (unpaired) electrons. The molecule has 0 aliphatic rings. The SMILES string of the molecule is O=C(NCc1ccc(S(=O)(=O)Cl)s1)c1ccncc1. The quantitative estimate of drug-likeness (QED) is 0.875. The fourth-order valence-electron chi connectivity index (χ4n) is 1.36. The summed E-state index contributed by atoms with van der Waals surface area (Å²) < 4.78 is 22.2. The number of nitrogens with zero attached hydrogens (tertiary/aromatic N) is 1. The number of halogens is 1. The predicted molar refractivity (Wildman–Crippen MR) is 72.8 cm³/mol. The van der Waals surface area contributed by atoms with Gasteiger partial charge in [-0.05, 0) is 24.3 Å². The van der Waals surface area contributed by atoms with E-state index in [2.05, 4.69) is 10.3 Å². The van der Waals surface area contributed by atoms with Crippen LogP contribution in [0.5, 0.6) is 0 Å². The predicted octanol–water partition coefficient (Wildman–Crippen LogP) is 2.00. The Morgan fingerprint density at radius 3 is 2.53 bits per heavy atom. The zero-order chi connectivity index (χ0) is 13.9. The van der Waals surface area contributed by atoms with Crippen LogP contribution in [0.4, 0.5) is 0 Å². The van der Waals surface area contributed by atoms with Crippen LogP contribution in [-0.4, -0.2) is 19.3 Å². The van der Waals surface area contributed by atoms with Crippen LogP contribution in [0.1, 0.15) is 15.2 Å². The summed E-state index contributed by atoms with van der Waals surface area (Å²) in [7, 11) is 1.52. The second-order valence-corrected chi connectivity index (χ2v) is 7.54. The minimum Gasteiger partial charge on any atom is -0.347 e. The Hall–Kier alpha value is -1.44. The Labute approximate surface area is 118 Å². The van der Waals surface area contributed by atoms with E-state index in [1.807, 2.05) is 0 Å². The Kier molecular flexibility index (Phi) is 4.18. The largest absolute Gasteiger partial charge is 0.347 e. The fraction of sp³-hybridized carbons (Fsp3) is 0.0909. The van der Waals surface area contributed by atoms with Crippen LogP contribution in [0, 0.1) is 0 Å². The number of hydrogen-bond donors (Lipinski definition) is 1. The van der Waals surface area contributed by atoms with Gasteiger partial charge in [-0.3, -0.25) is 9.78 Å². The molecule has 0 fully saturated rings. The van der Waals surface area contributed by atoms with Crippen LogP contribution in [-0.2, 0) is 15.6 Å². The first-order valence-electron chi connectivity index (χ1n) is 5.18. The molecule has 1 amide bonds. The Balaban J connectivity index is 2.00. The van der Waals surface area contributed by atoms with Crippen LogP contribution in [0.25, 0.3) is 0 Å². The summed E-state index contributed by atoms with van der Waals surface area (Å²) in [4.78, 5) is 16.3. The third-order valence-corrected chi connectivity index (χ3v) is 5.42. The first-order valence-corrected chi connectivity index (χ1v) is 8.31. The van der Waals surface area contributed by atoms with Crippen molar-refractivity contribution in [2.45, 2.75) is 10.8 Å². The van der Waals surface area contributed by atoms with Crippen molar-refractivity contribution < 1.29 is 13.2 Å². The van der Waals surface area contributed by atoms with E-state index in [4.69, 9.17) is 10.7 Å². The average molecular weight is 317 g/mol. The summed E-state index contributed by atoms with van der Waals surface area (Å²) in [5, 5.41) is 2.69. The van der Waals surface area contributed by atoms with Gasteiger partial charge in [-0.15, -0.1) is 11.3 Å². The van der Waals surface area contributed by atoms with E-state index in [9.17, 15) is 13.2 Å². The minimum atomic E-state index is -3.70. The number of pyridine rings is 1. The summed E-state index contributed by atoms with van der Waals surface area (Å²) in [6.45, 7) is 0.248. The van der Waals surface area contributed by atoms with Gasteiger partial charge in [-0.1, -0.05) is 0 Å². The van der Waals surface area contributed by atoms with E-state index >= 15 is 0 Å². The molecule has 2 aromatic rings. The Morgan fingerprint density at radius 1 is 1.26 bits per heavy atom. The lowest BCUT2D eigenvalue weighted by Gasteiger charge is -2.02. The number of hydrogen-bond acceptors (Lipinski definition) is 5. The van der Waals surface area contributed by atoms with Crippen molar-refractivity contribution in [2.75, 3.05) is 0 Å². The topological polar surface area (TPSA) is 76.1 Å². The van der Waals surface area contributed by atoms with Gasteiger partial charge in [0, 0.05) is 33.5 Å². The molecule has 0 aliphatic carbocycles. The van der Waals surface area contributed by atoms with Crippen LogP contribution < -0.4 is 5.32 Å². The Bertz CT molecular complexity index is 683. The number of thiophene rings is 1. The minimum absolute atomic E-state index is 0.0716. The van der Waals surface area contributed by atoms with Gasteiger partial charge >= 0.3 is 0 Å². The van der Waals surface area contributed by atoms with Crippen molar-refractivity contribution >= 4 is 37.0 Å². The number of carbonyl (C=O) groups is 1. The maximum atomic E-state index is 11.7. The highest BCUT2D eigenvalue weighted by atomic mass is 35.7. The van der Waals surface area contributed by atoms with Crippen molar-refractivity contribution in [2.24, 2.45) is 0 Å². The fourth-order valence-corrected chi connectivity index (χ4v) is 3.42. The zero-order valence-electron chi connectivity index (χ0n) is 9.54. The van der Waals surface area contributed by atoms with Gasteiger partial charge in [0.2, 0.25) is 0 Å². The van der Waals surface area contributed by atoms with E-state index in [0.717, 1.165) is 11.3 Å². The molecule has 0 spiro atoms. The Morgan fingerprint density at radius 2 is 1.95 bits per heavy atom. The van der Waals surface area contributed by atoms with E-state index in [1.165, 1.54) is 18.5 Å². The highest BCUT2D eigenvalue weighted by molar-refractivity contribution is 8.15. The van der Waals surface area contributed by atoms with Crippen molar-refractivity contribution in [3.63, 3.8) is 0 Å². The first-order chi connectivity index (χ1) is 8.97. The number of amides is 1. The van der Waals surface area contributed by atoms with Crippen molar-refractivity contribution in [3.8, 4) is 0 Å². The van der Waals surface area contributed by atoms with Crippen molar-refractivity contribution in [1.82, 2.24) is 10.3 Å². The first kappa shape index (κ1) is 14.0. The lowest BCUT2D eigenvalue weighted by molar-refractivity contribution is 0.0951. The van der Waals surface area contributed by atoms with Gasteiger partial charge in [0.15, 0.2) is 0 Å². The molecule has 0 atom stereocenters. The molecular formula is C11H9ClN2O3S2. The van der Waals surface area contributed by atoms with Gasteiger partial charge in [0.25, 0.3) is 15.0 Å². The van der Waals surface area contributed by atoms with Crippen LogP contribution in [0.2, 0.25) is 0 Å². The van der Waals surface area contributed by atoms with Gasteiger partial charge in [-0.25, -0.2) is 8.42 Å². The van der Waals surface area contributed by atoms with E-state index < -0.39 is 9.05 Å². The molecule has 0 aliphatic heterocycles. The molecule has 0 aromatic carbocycles. The molecule has 2 heterocycles. The maximum Gasteiger partial charge on any atom is 0.270 e. The molecule has 2 rings (SSSR count). The van der Waals surface area contributed by atoms with Crippen LogP contribution >= 0.6 is 22.0 Å². The summed E-state index contributed by atoms with van der Waals surface area (Å²) >= 11 is 1.03. The molecule has 1 N–H and O–H groups in total. The lowest BCUT2D eigenvalue weighted by Crippen LogP contribution is -2.22. The van der Waals surface area contributed by atoms with Gasteiger partial charge in [-0.2, -0.15) is 0 Å². The normalized spacial score (nSPS) is 11.2. The van der Waals surface area contributed by atoms with Crippen molar-refractivity contribution in [3.05, 3.63) is 47.1 Å². The number of aromatic nitrogens is 1. The molecule has 2 aromatic heterocycles. The highest BCUT2D eigenvalue weighted by Gasteiger charge is 2.13. The lowest BCUT2D eigenvalue weighted by atomic mass is 10.2. The summed E-state index contributed by atoms with van der Waals surface area (Å²) in [6, 6.07) is 6.23. The molecule has 0 saturated heterocycles. The molecule has 100 valence electrons. The van der Waals surface area contributed by atoms with E-state index in [-0.39, 0.29) is 16.7 Å². The number of nitrogens with one attached hydrogen (secondary N) is 1. The third-order valence-electron chi connectivity index (χ3n) is 2.24. The van der Waals surface area contributed by atoms with Crippen LogP contribution in [0.3, 0.4) is 0 Å².